The van der Waals surface area contributed by atoms with Gasteiger partial charge in [-0.1, -0.05) is 36.4 Å². The number of anilines is 1. The topological polar surface area (TPSA) is 143 Å². The average Bonchev–Trinajstić information content (AvgIpc) is 2.85. The number of hydrogen-bond acceptors (Lipinski definition) is 8. The Kier molecular flexibility index (Phi) is 8.08. The highest BCUT2D eigenvalue weighted by atomic mass is 16.5. The number of ketones is 1. The Hall–Kier alpha value is -4.34. The van der Waals surface area contributed by atoms with E-state index < -0.39 is 35.2 Å². The van der Waals surface area contributed by atoms with E-state index in [1.54, 1.807) is 43.3 Å². The van der Waals surface area contributed by atoms with Crippen LogP contribution in [0.5, 0.6) is 11.5 Å². The number of nitrogen functional groups attached to an aromatic ring is 1. The van der Waals surface area contributed by atoms with Crippen molar-refractivity contribution in [2.45, 2.75) is 32.9 Å². The van der Waals surface area contributed by atoms with E-state index in [9.17, 15) is 24.3 Å². The molecule has 2 aromatic carbocycles. The highest BCUT2D eigenvalue weighted by Gasteiger charge is 2.23. The van der Waals surface area contributed by atoms with Crippen molar-refractivity contribution in [1.82, 2.24) is 9.13 Å². The number of ether oxygens (including phenoxy) is 2. The van der Waals surface area contributed by atoms with Gasteiger partial charge in [0.2, 0.25) is 5.78 Å². The lowest BCUT2D eigenvalue weighted by Crippen LogP contribution is -2.44. The van der Waals surface area contributed by atoms with Crippen molar-refractivity contribution in [3.8, 4) is 11.5 Å². The normalized spacial score (nSPS) is 10.7. The number of nitrogens with two attached hydrogens (primary N) is 1. The smallest absolute Gasteiger partial charge is 0.332 e. The molecule has 0 radical (unpaired) electrons. The van der Waals surface area contributed by atoms with Crippen molar-refractivity contribution < 1.29 is 24.2 Å². The second-order valence-electron chi connectivity index (χ2n) is 7.75. The molecule has 0 fully saturated rings. The number of phenolic OH excluding ortho intramolecular Hbond substituents is 1. The van der Waals surface area contributed by atoms with Crippen molar-refractivity contribution in [2.75, 3.05) is 19.5 Å². The van der Waals surface area contributed by atoms with Crippen LogP contribution in [0.15, 0.2) is 58.1 Å². The van der Waals surface area contributed by atoms with Crippen molar-refractivity contribution in [3.63, 3.8) is 0 Å². The zero-order valence-electron chi connectivity index (χ0n) is 19.5. The molecule has 0 unspecified atom stereocenters. The van der Waals surface area contributed by atoms with Crippen LogP contribution in [-0.2, 0) is 29.0 Å². The lowest BCUT2D eigenvalue weighted by molar-refractivity contribution is -0.142. The van der Waals surface area contributed by atoms with Gasteiger partial charge < -0.3 is 20.3 Å². The Balaban J connectivity index is 1.74. The molecule has 0 atom stereocenters. The number of benzene rings is 2. The van der Waals surface area contributed by atoms with Crippen LogP contribution in [0.3, 0.4) is 0 Å². The molecule has 10 heteroatoms. The summed E-state index contributed by atoms with van der Waals surface area (Å²) in [4.78, 5) is 50.6. The van der Waals surface area contributed by atoms with Gasteiger partial charge in [0.05, 0.1) is 13.7 Å². The highest BCUT2D eigenvalue weighted by Crippen LogP contribution is 2.26. The number of aryl methyl sites for hydroxylation is 1. The number of hydrogen-bond donors (Lipinski definition) is 2. The Bertz CT molecular complexity index is 1340. The standard InChI is InChI=1S/C25H27N3O7/c1-3-27-24(32)22(23(26)28(25(27)33)14-17-7-5-4-6-8-17)19(30)15-35-21(31)12-10-16-9-11-20(34-2)18(29)13-16/h4-9,11,13,29H,3,10,12,14-15,26H2,1-2H3. The van der Waals surface area contributed by atoms with Crippen molar-refractivity contribution in [3.05, 3.63) is 86.1 Å². The minimum atomic E-state index is -0.825. The lowest BCUT2D eigenvalue weighted by atomic mass is 10.1. The fourth-order valence-electron chi connectivity index (χ4n) is 3.60. The van der Waals surface area contributed by atoms with E-state index >= 15 is 0 Å². The molecule has 35 heavy (non-hydrogen) atoms. The van der Waals surface area contributed by atoms with Gasteiger partial charge in [0.25, 0.3) is 5.56 Å². The number of nitrogens with zero attached hydrogens (tertiary/aromatic N) is 2. The number of aromatic hydroxyl groups is 1. The third-order valence-electron chi connectivity index (χ3n) is 5.47. The molecule has 0 aliphatic carbocycles. The monoisotopic (exact) mass is 481 g/mol. The van der Waals surface area contributed by atoms with Crippen LogP contribution < -0.4 is 21.7 Å². The zero-order valence-corrected chi connectivity index (χ0v) is 19.5. The SMILES string of the molecule is CCn1c(=O)c(C(=O)COC(=O)CCc2ccc(OC)c(O)c2)c(N)n(Cc2ccccc2)c1=O. The number of phenols is 1. The number of Topliss-reactive ketones (excluding diaryl/α,β-unsaturated/α-hetero) is 1. The Morgan fingerprint density at radius 1 is 1.03 bits per heavy atom. The second-order valence-corrected chi connectivity index (χ2v) is 7.75. The first-order valence-corrected chi connectivity index (χ1v) is 11.0. The van der Waals surface area contributed by atoms with Gasteiger partial charge in [-0.15, -0.1) is 0 Å². The summed E-state index contributed by atoms with van der Waals surface area (Å²) in [6.07, 6.45) is 0.207. The first-order valence-electron chi connectivity index (χ1n) is 11.0. The molecule has 0 saturated heterocycles. The summed E-state index contributed by atoms with van der Waals surface area (Å²) in [6, 6.07) is 13.7. The van der Waals surface area contributed by atoms with Crippen LogP contribution in [0.4, 0.5) is 5.82 Å². The molecular weight excluding hydrogens is 454 g/mol. The molecule has 1 aromatic heterocycles. The highest BCUT2D eigenvalue weighted by molar-refractivity contribution is 6.01. The number of rotatable bonds is 10. The molecule has 0 bridgehead atoms. The van der Waals surface area contributed by atoms with E-state index in [-0.39, 0.29) is 37.5 Å². The van der Waals surface area contributed by atoms with Crippen LogP contribution in [0, 0.1) is 0 Å². The van der Waals surface area contributed by atoms with Crippen molar-refractivity contribution in [1.29, 1.82) is 0 Å². The summed E-state index contributed by atoms with van der Waals surface area (Å²) in [5, 5.41) is 9.83. The first-order chi connectivity index (χ1) is 16.8. The van der Waals surface area contributed by atoms with Crippen LogP contribution in [0.25, 0.3) is 0 Å². The molecule has 10 nitrogen and oxygen atoms in total. The molecule has 0 saturated carbocycles. The molecule has 3 aromatic rings. The minimum absolute atomic E-state index is 0.0432. The van der Waals surface area contributed by atoms with Crippen molar-refractivity contribution in [2.24, 2.45) is 0 Å². The second kappa shape index (κ2) is 11.2. The summed E-state index contributed by atoms with van der Waals surface area (Å²) in [5.74, 6) is -1.48. The molecule has 0 amide bonds. The fourth-order valence-corrected chi connectivity index (χ4v) is 3.60. The van der Waals surface area contributed by atoms with Gasteiger partial charge in [0, 0.05) is 13.0 Å². The van der Waals surface area contributed by atoms with E-state index in [2.05, 4.69) is 0 Å². The summed E-state index contributed by atoms with van der Waals surface area (Å²) < 4.78 is 12.1. The van der Waals surface area contributed by atoms with Crippen LogP contribution in [-0.4, -0.2) is 39.7 Å². The lowest BCUT2D eigenvalue weighted by Gasteiger charge is -2.16. The minimum Gasteiger partial charge on any atom is -0.504 e. The van der Waals surface area contributed by atoms with Gasteiger partial charge >= 0.3 is 11.7 Å². The average molecular weight is 482 g/mol. The largest absolute Gasteiger partial charge is 0.504 e. The van der Waals surface area contributed by atoms with Crippen LogP contribution in [0.2, 0.25) is 0 Å². The number of aromatic nitrogens is 2. The third kappa shape index (κ3) is 5.78. The maximum absolute atomic E-state index is 12.8. The van der Waals surface area contributed by atoms with Gasteiger partial charge in [-0.3, -0.25) is 23.5 Å². The van der Waals surface area contributed by atoms with Crippen LogP contribution in [0.1, 0.15) is 34.8 Å². The van der Waals surface area contributed by atoms with Gasteiger partial charge in [-0.2, -0.15) is 0 Å². The molecule has 0 spiro atoms. The van der Waals surface area contributed by atoms with Gasteiger partial charge in [-0.05, 0) is 36.6 Å². The third-order valence-corrected chi connectivity index (χ3v) is 5.47. The van der Waals surface area contributed by atoms with E-state index in [4.69, 9.17) is 15.2 Å². The first kappa shape index (κ1) is 25.3. The van der Waals surface area contributed by atoms with Crippen LogP contribution >= 0.6 is 0 Å². The zero-order chi connectivity index (χ0) is 25.5. The fraction of sp³-hybridized carbons (Fsp3) is 0.280. The molecular formula is C25H27N3O7. The molecule has 3 rings (SSSR count). The number of methoxy groups -OCH3 is 1. The molecule has 1 heterocycles. The Labute approximate surface area is 201 Å². The number of carbonyl (C=O) groups is 2. The predicted octanol–water partition coefficient (Wildman–Crippen LogP) is 1.73. The molecule has 0 aliphatic heterocycles. The van der Waals surface area contributed by atoms with Gasteiger partial charge in [-0.25, -0.2) is 4.79 Å². The Morgan fingerprint density at radius 2 is 1.74 bits per heavy atom. The van der Waals surface area contributed by atoms with Gasteiger partial charge in [0.1, 0.15) is 11.4 Å². The summed E-state index contributed by atoms with van der Waals surface area (Å²) in [6.45, 7) is 1.03. The molecule has 184 valence electrons. The van der Waals surface area contributed by atoms with E-state index in [1.807, 2.05) is 6.07 Å². The summed E-state index contributed by atoms with van der Waals surface area (Å²) in [7, 11) is 1.43. The van der Waals surface area contributed by atoms with E-state index in [1.165, 1.54) is 13.2 Å². The van der Waals surface area contributed by atoms with Gasteiger partial charge in [0.15, 0.2) is 18.1 Å². The number of carbonyl (C=O) groups excluding carboxylic acids is 2. The summed E-state index contributed by atoms with van der Waals surface area (Å²) >= 11 is 0. The molecule has 3 N–H and O–H groups in total. The maximum atomic E-state index is 12.8. The number of esters is 1. The van der Waals surface area contributed by atoms with E-state index in [0.717, 1.165) is 14.7 Å². The van der Waals surface area contributed by atoms with Crippen molar-refractivity contribution >= 4 is 17.6 Å². The Morgan fingerprint density at radius 3 is 2.37 bits per heavy atom. The maximum Gasteiger partial charge on any atom is 0.332 e. The molecule has 0 aliphatic rings. The quantitative estimate of drug-likeness (QED) is 0.329. The summed E-state index contributed by atoms with van der Waals surface area (Å²) in [5.41, 5.74) is 5.68. The predicted molar refractivity (Wildman–Crippen MR) is 129 cm³/mol. The van der Waals surface area contributed by atoms with E-state index in [0.29, 0.717) is 11.3 Å².